The van der Waals surface area contributed by atoms with Crippen molar-refractivity contribution in [1.29, 1.82) is 0 Å². The molecule has 0 unspecified atom stereocenters. The van der Waals surface area contributed by atoms with Gasteiger partial charge in [-0.2, -0.15) is 0 Å². The normalized spacial score (nSPS) is 18.0. The smallest absolute Gasteiger partial charge is 0.0593 e. The first kappa shape index (κ1) is 16.9. The number of ether oxygens (including phenoxy) is 2. The molecule has 1 rings (SSSR count). The van der Waals surface area contributed by atoms with Crippen LogP contribution in [0.1, 0.15) is 19.3 Å². The number of unbranched alkanes of at least 4 members (excludes halogenated alkanes) is 1. The zero-order valence-corrected chi connectivity index (χ0v) is 12.5. The number of rotatable bonds is 11. The molecule has 1 aliphatic heterocycles. The van der Waals surface area contributed by atoms with E-state index in [0.29, 0.717) is 0 Å². The molecule has 0 bridgehead atoms. The molecule has 2 N–H and O–H groups in total. The van der Waals surface area contributed by atoms with Crippen molar-refractivity contribution in [2.45, 2.75) is 19.3 Å². The average molecular weight is 273 g/mol. The number of methoxy groups -OCH3 is 1. The number of nitrogens with zero attached hydrogens (tertiary/aromatic N) is 2. The van der Waals surface area contributed by atoms with Gasteiger partial charge in [-0.15, -0.1) is 0 Å². The molecule has 1 heterocycles. The van der Waals surface area contributed by atoms with Crippen LogP contribution in [0.2, 0.25) is 0 Å². The highest BCUT2D eigenvalue weighted by atomic mass is 16.5. The molecule has 1 saturated heterocycles. The first-order valence-corrected chi connectivity index (χ1v) is 7.58. The molecular formula is C14H31N3O2. The van der Waals surface area contributed by atoms with Gasteiger partial charge in [-0.1, -0.05) is 0 Å². The van der Waals surface area contributed by atoms with Crippen molar-refractivity contribution in [2.75, 3.05) is 72.7 Å². The minimum absolute atomic E-state index is 0.793. The highest BCUT2D eigenvalue weighted by Gasteiger charge is 2.15. The molecule has 0 aliphatic carbocycles. The SMILES string of the molecule is COCCCOCCN1CCN(CCCCN)CC1. The lowest BCUT2D eigenvalue weighted by molar-refractivity contribution is 0.0649. The van der Waals surface area contributed by atoms with E-state index < -0.39 is 0 Å². The van der Waals surface area contributed by atoms with E-state index in [1.54, 1.807) is 7.11 Å². The molecular weight excluding hydrogens is 242 g/mol. The Hall–Kier alpha value is -0.200. The fourth-order valence-corrected chi connectivity index (χ4v) is 2.32. The van der Waals surface area contributed by atoms with Gasteiger partial charge in [-0.3, -0.25) is 4.90 Å². The van der Waals surface area contributed by atoms with Crippen LogP contribution in [0.25, 0.3) is 0 Å². The van der Waals surface area contributed by atoms with Gasteiger partial charge in [0.25, 0.3) is 0 Å². The summed E-state index contributed by atoms with van der Waals surface area (Å²) in [5, 5.41) is 0. The molecule has 19 heavy (non-hydrogen) atoms. The highest BCUT2D eigenvalue weighted by molar-refractivity contribution is 4.71. The number of piperazine rings is 1. The Morgan fingerprint density at radius 3 is 2.16 bits per heavy atom. The molecule has 1 aliphatic rings. The summed E-state index contributed by atoms with van der Waals surface area (Å²) in [6.45, 7) is 10.3. The van der Waals surface area contributed by atoms with Gasteiger partial charge in [0.1, 0.15) is 0 Å². The van der Waals surface area contributed by atoms with Crippen molar-refractivity contribution in [2.24, 2.45) is 5.73 Å². The van der Waals surface area contributed by atoms with Gasteiger partial charge in [0.05, 0.1) is 6.61 Å². The van der Waals surface area contributed by atoms with Crippen molar-refractivity contribution in [3.8, 4) is 0 Å². The van der Waals surface area contributed by atoms with Crippen LogP contribution in [0.15, 0.2) is 0 Å². The summed E-state index contributed by atoms with van der Waals surface area (Å²) in [6, 6.07) is 0. The maximum atomic E-state index is 5.60. The van der Waals surface area contributed by atoms with E-state index in [1.807, 2.05) is 0 Å². The Morgan fingerprint density at radius 1 is 0.842 bits per heavy atom. The van der Waals surface area contributed by atoms with Crippen LogP contribution in [0.3, 0.4) is 0 Å². The van der Waals surface area contributed by atoms with E-state index in [4.69, 9.17) is 15.2 Å². The molecule has 5 nitrogen and oxygen atoms in total. The molecule has 0 atom stereocenters. The standard InChI is InChI=1S/C14H31N3O2/c1-18-12-4-13-19-14-11-17-9-7-16(8-10-17)6-3-2-5-15/h2-15H2,1H3. The van der Waals surface area contributed by atoms with Gasteiger partial charge in [-0.25, -0.2) is 0 Å². The number of hydrogen-bond donors (Lipinski definition) is 1. The average Bonchev–Trinajstić information content (AvgIpc) is 2.44. The molecule has 0 aromatic rings. The van der Waals surface area contributed by atoms with Crippen molar-refractivity contribution in [3.05, 3.63) is 0 Å². The fourth-order valence-electron chi connectivity index (χ4n) is 2.32. The lowest BCUT2D eigenvalue weighted by Gasteiger charge is -2.34. The Labute approximate surface area is 118 Å². The molecule has 0 amide bonds. The van der Waals surface area contributed by atoms with Gasteiger partial charge in [0.15, 0.2) is 0 Å². The molecule has 0 radical (unpaired) electrons. The highest BCUT2D eigenvalue weighted by Crippen LogP contribution is 2.03. The minimum Gasteiger partial charge on any atom is -0.385 e. The Balaban J connectivity index is 1.92. The van der Waals surface area contributed by atoms with Gasteiger partial charge >= 0.3 is 0 Å². The third-order valence-corrected chi connectivity index (χ3v) is 3.58. The second-order valence-electron chi connectivity index (χ2n) is 5.14. The lowest BCUT2D eigenvalue weighted by atomic mass is 10.2. The summed E-state index contributed by atoms with van der Waals surface area (Å²) in [4.78, 5) is 5.04. The van der Waals surface area contributed by atoms with E-state index in [-0.39, 0.29) is 0 Å². The second kappa shape index (κ2) is 11.6. The summed E-state index contributed by atoms with van der Waals surface area (Å²) < 4.78 is 10.6. The Bertz CT molecular complexity index is 194. The largest absolute Gasteiger partial charge is 0.385 e. The van der Waals surface area contributed by atoms with Gasteiger partial charge in [0.2, 0.25) is 0 Å². The molecule has 114 valence electrons. The van der Waals surface area contributed by atoms with Crippen LogP contribution in [0.4, 0.5) is 0 Å². The van der Waals surface area contributed by atoms with E-state index in [1.165, 1.54) is 39.1 Å². The lowest BCUT2D eigenvalue weighted by Crippen LogP contribution is -2.47. The summed E-state index contributed by atoms with van der Waals surface area (Å²) in [6.07, 6.45) is 3.38. The van der Waals surface area contributed by atoms with Crippen LogP contribution in [0, 0.1) is 0 Å². The summed E-state index contributed by atoms with van der Waals surface area (Å²) in [5.74, 6) is 0. The Kier molecular flexibility index (Phi) is 10.3. The van der Waals surface area contributed by atoms with E-state index in [2.05, 4.69) is 9.80 Å². The summed E-state index contributed by atoms with van der Waals surface area (Å²) in [7, 11) is 1.73. The molecule has 0 saturated carbocycles. The van der Waals surface area contributed by atoms with Crippen LogP contribution < -0.4 is 5.73 Å². The molecule has 5 heteroatoms. The van der Waals surface area contributed by atoms with Crippen LogP contribution in [-0.2, 0) is 9.47 Å². The first-order valence-electron chi connectivity index (χ1n) is 7.58. The van der Waals surface area contributed by atoms with Crippen molar-refractivity contribution < 1.29 is 9.47 Å². The maximum absolute atomic E-state index is 5.60. The summed E-state index contributed by atoms with van der Waals surface area (Å²) >= 11 is 0. The van der Waals surface area contributed by atoms with Gasteiger partial charge in [0, 0.05) is 53.0 Å². The van der Waals surface area contributed by atoms with Crippen molar-refractivity contribution >= 4 is 0 Å². The number of nitrogens with two attached hydrogens (primary N) is 1. The fraction of sp³-hybridized carbons (Fsp3) is 1.00. The predicted octanol–water partition coefficient (Wildman–Crippen LogP) is 0.396. The zero-order chi connectivity index (χ0) is 13.8. The van der Waals surface area contributed by atoms with E-state index >= 15 is 0 Å². The topological polar surface area (TPSA) is 51.0 Å². The Morgan fingerprint density at radius 2 is 1.53 bits per heavy atom. The van der Waals surface area contributed by atoms with Crippen molar-refractivity contribution in [1.82, 2.24) is 9.80 Å². The molecule has 1 fully saturated rings. The third-order valence-electron chi connectivity index (χ3n) is 3.58. The molecule has 0 spiro atoms. The van der Waals surface area contributed by atoms with Gasteiger partial charge in [-0.05, 0) is 32.4 Å². The zero-order valence-electron chi connectivity index (χ0n) is 12.5. The van der Waals surface area contributed by atoms with E-state index in [0.717, 1.165) is 45.8 Å². The minimum atomic E-state index is 0.793. The van der Waals surface area contributed by atoms with Crippen LogP contribution in [0.5, 0.6) is 0 Å². The van der Waals surface area contributed by atoms with E-state index in [9.17, 15) is 0 Å². The number of hydrogen-bond acceptors (Lipinski definition) is 5. The quantitative estimate of drug-likeness (QED) is 0.552. The predicted molar refractivity (Wildman–Crippen MR) is 78.5 cm³/mol. The van der Waals surface area contributed by atoms with Gasteiger partial charge < -0.3 is 20.1 Å². The monoisotopic (exact) mass is 273 g/mol. The second-order valence-corrected chi connectivity index (χ2v) is 5.14. The first-order chi connectivity index (χ1) is 9.36. The molecule has 0 aromatic heterocycles. The van der Waals surface area contributed by atoms with Crippen molar-refractivity contribution in [3.63, 3.8) is 0 Å². The summed E-state index contributed by atoms with van der Waals surface area (Å²) in [5.41, 5.74) is 5.52. The third kappa shape index (κ3) is 8.55. The molecule has 0 aromatic carbocycles. The van der Waals surface area contributed by atoms with Crippen LogP contribution >= 0.6 is 0 Å². The maximum Gasteiger partial charge on any atom is 0.0593 e. The van der Waals surface area contributed by atoms with Crippen LogP contribution in [-0.4, -0.2) is 82.5 Å².